The van der Waals surface area contributed by atoms with Crippen LogP contribution in [-0.2, 0) is 0 Å². The molecule has 0 spiro atoms. The molecule has 5 heteroatoms. The predicted molar refractivity (Wildman–Crippen MR) is 59.2 cm³/mol. The van der Waals surface area contributed by atoms with E-state index in [1.165, 1.54) is 13.1 Å². The third-order valence-corrected chi connectivity index (χ3v) is 2.78. The van der Waals surface area contributed by atoms with Crippen molar-refractivity contribution in [2.24, 2.45) is 5.92 Å². The van der Waals surface area contributed by atoms with Crippen LogP contribution in [0, 0.1) is 5.92 Å². The molecule has 1 N–H and O–H groups in total. The number of nitrogens with zero attached hydrogens (tertiary/aromatic N) is 3. The van der Waals surface area contributed by atoms with Gasteiger partial charge < -0.3 is 10.2 Å². The second-order valence-corrected chi connectivity index (χ2v) is 4.51. The molecule has 1 aromatic heterocycles. The van der Waals surface area contributed by atoms with Crippen molar-refractivity contribution < 1.29 is 0 Å². The van der Waals surface area contributed by atoms with Crippen molar-refractivity contribution in [2.75, 3.05) is 32.0 Å². The molecule has 76 valence electrons. The quantitative estimate of drug-likeness (QED) is 0.826. The molecule has 2 heterocycles. The van der Waals surface area contributed by atoms with Gasteiger partial charge in [-0.05, 0) is 23.0 Å². The van der Waals surface area contributed by atoms with Gasteiger partial charge in [0.2, 0.25) is 0 Å². The lowest BCUT2D eigenvalue weighted by molar-refractivity contribution is 0.144. The van der Waals surface area contributed by atoms with Gasteiger partial charge in [-0.3, -0.25) is 0 Å². The van der Waals surface area contributed by atoms with E-state index in [0.717, 1.165) is 22.9 Å². The maximum atomic E-state index is 4.12. The van der Waals surface area contributed by atoms with Gasteiger partial charge in [-0.2, -0.15) is 0 Å². The summed E-state index contributed by atoms with van der Waals surface area (Å²) >= 11 is 3.31. The predicted octanol–water partition coefficient (Wildman–Crippen LogP) is 1.21. The highest BCUT2D eigenvalue weighted by Crippen LogP contribution is 2.14. The zero-order valence-electron chi connectivity index (χ0n) is 8.07. The van der Waals surface area contributed by atoms with Crippen LogP contribution >= 0.6 is 15.9 Å². The minimum atomic E-state index is 0.758. The number of rotatable bonds is 3. The Morgan fingerprint density at radius 1 is 1.57 bits per heavy atom. The van der Waals surface area contributed by atoms with Gasteiger partial charge in [0.15, 0.2) is 0 Å². The summed E-state index contributed by atoms with van der Waals surface area (Å²) in [4.78, 5) is 10.4. The Labute approximate surface area is 91.9 Å². The van der Waals surface area contributed by atoms with E-state index in [0.29, 0.717) is 0 Å². The van der Waals surface area contributed by atoms with E-state index in [-0.39, 0.29) is 0 Å². The molecule has 0 unspecified atom stereocenters. The maximum Gasteiger partial charge on any atom is 0.130 e. The summed E-state index contributed by atoms with van der Waals surface area (Å²) in [6.45, 7) is 3.35. The van der Waals surface area contributed by atoms with Gasteiger partial charge in [-0.15, -0.1) is 0 Å². The molecule has 1 aromatic rings. The Balaban J connectivity index is 1.80. The van der Waals surface area contributed by atoms with Gasteiger partial charge in [0, 0.05) is 31.6 Å². The van der Waals surface area contributed by atoms with Crippen molar-refractivity contribution in [1.29, 1.82) is 0 Å². The molecule has 0 aliphatic carbocycles. The van der Waals surface area contributed by atoms with Crippen LogP contribution < -0.4 is 5.32 Å². The monoisotopic (exact) mass is 256 g/mol. The van der Waals surface area contributed by atoms with Gasteiger partial charge >= 0.3 is 0 Å². The second kappa shape index (κ2) is 4.23. The third kappa shape index (κ3) is 2.42. The van der Waals surface area contributed by atoms with E-state index < -0.39 is 0 Å². The molecule has 4 nitrogen and oxygen atoms in total. The Kier molecular flexibility index (Phi) is 2.98. The number of hydrogen-bond acceptors (Lipinski definition) is 4. The van der Waals surface area contributed by atoms with Crippen LogP contribution in [0.4, 0.5) is 5.82 Å². The van der Waals surface area contributed by atoms with Gasteiger partial charge in [0.25, 0.3) is 0 Å². The van der Waals surface area contributed by atoms with Crippen molar-refractivity contribution in [3.63, 3.8) is 0 Å². The molecule has 0 radical (unpaired) electrons. The smallest absolute Gasteiger partial charge is 0.130 e. The van der Waals surface area contributed by atoms with Crippen LogP contribution in [0.2, 0.25) is 0 Å². The fourth-order valence-electron chi connectivity index (χ4n) is 1.64. The van der Waals surface area contributed by atoms with Gasteiger partial charge in [0.1, 0.15) is 16.7 Å². The maximum absolute atomic E-state index is 4.12. The van der Waals surface area contributed by atoms with Gasteiger partial charge in [-0.25, -0.2) is 9.97 Å². The first-order chi connectivity index (χ1) is 6.74. The van der Waals surface area contributed by atoms with Crippen molar-refractivity contribution in [3.05, 3.63) is 17.0 Å². The second-order valence-electron chi connectivity index (χ2n) is 3.69. The summed E-state index contributed by atoms with van der Waals surface area (Å²) < 4.78 is 0.820. The lowest BCUT2D eigenvalue weighted by Crippen LogP contribution is -2.46. The lowest BCUT2D eigenvalue weighted by atomic mass is 10.0. The minimum Gasteiger partial charge on any atom is -0.370 e. The van der Waals surface area contributed by atoms with Gasteiger partial charge in [-0.1, -0.05) is 0 Å². The fraction of sp³-hybridized carbons (Fsp3) is 0.556. The highest BCUT2D eigenvalue weighted by Gasteiger charge is 2.22. The van der Waals surface area contributed by atoms with Crippen LogP contribution in [0.5, 0.6) is 0 Å². The largest absolute Gasteiger partial charge is 0.370 e. The van der Waals surface area contributed by atoms with E-state index in [1.54, 1.807) is 6.33 Å². The SMILES string of the molecule is CN1CC(CNc2cc(Br)ncn2)C1. The minimum absolute atomic E-state index is 0.758. The molecule has 1 aliphatic rings. The van der Waals surface area contributed by atoms with E-state index in [2.05, 4.69) is 43.2 Å². The zero-order valence-corrected chi connectivity index (χ0v) is 9.66. The van der Waals surface area contributed by atoms with Crippen molar-refractivity contribution >= 4 is 21.7 Å². The molecule has 0 saturated carbocycles. The molecule has 1 aliphatic heterocycles. The van der Waals surface area contributed by atoms with E-state index in [9.17, 15) is 0 Å². The van der Waals surface area contributed by atoms with E-state index in [1.807, 2.05) is 6.07 Å². The van der Waals surface area contributed by atoms with E-state index in [4.69, 9.17) is 0 Å². The number of aromatic nitrogens is 2. The average molecular weight is 257 g/mol. The summed E-state index contributed by atoms with van der Waals surface area (Å²) in [5.74, 6) is 1.65. The summed E-state index contributed by atoms with van der Waals surface area (Å²) in [5, 5.41) is 3.30. The first-order valence-corrected chi connectivity index (χ1v) is 5.43. The summed E-state index contributed by atoms with van der Waals surface area (Å²) in [7, 11) is 2.14. The summed E-state index contributed by atoms with van der Waals surface area (Å²) in [6, 6.07) is 1.89. The first-order valence-electron chi connectivity index (χ1n) is 4.64. The zero-order chi connectivity index (χ0) is 9.97. The average Bonchev–Trinajstić information content (AvgIpc) is 2.11. The molecule has 0 aromatic carbocycles. The summed E-state index contributed by atoms with van der Waals surface area (Å²) in [5.41, 5.74) is 0. The Hall–Kier alpha value is -0.680. The van der Waals surface area contributed by atoms with Crippen LogP contribution in [0.15, 0.2) is 17.0 Å². The Morgan fingerprint density at radius 3 is 3.00 bits per heavy atom. The Bertz CT molecular complexity index is 311. The number of anilines is 1. The third-order valence-electron chi connectivity index (χ3n) is 2.35. The number of hydrogen-bond donors (Lipinski definition) is 1. The van der Waals surface area contributed by atoms with Crippen LogP contribution in [0.3, 0.4) is 0 Å². The topological polar surface area (TPSA) is 41.0 Å². The van der Waals surface area contributed by atoms with Crippen LogP contribution in [0.25, 0.3) is 0 Å². The molecule has 0 bridgehead atoms. The van der Waals surface area contributed by atoms with E-state index >= 15 is 0 Å². The van der Waals surface area contributed by atoms with Crippen LogP contribution in [-0.4, -0.2) is 41.5 Å². The van der Waals surface area contributed by atoms with Gasteiger partial charge in [0.05, 0.1) is 0 Å². The molecule has 14 heavy (non-hydrogen) atoms. The molecule has 0 amide bonds. The lowest BCUT2D eigenvalue weighted by Gasteiger charge is -2.36. The molecular weight excluding hydrogens is 244 g/mol. The number of halogens is 1. The molecule has 2 rings (SSSR count). The number of nitrogens with one attached hydrogen (secondary N) is 1. The highest BCUT2D eigenvalue weighted by molar-refractivity contribution is 9.10. The molecule has 1 saturated heterocycles. The number of likely N-dealkylation sites (tertiary alicyclic amines) is 1. The Morgan fingerprint density at radius 2 is 2.36 bits per heavy atom. The standard InChI is InChI=1S/C9H13BrN4/c1-14-4-7(5-14)3-11-9-2-8(10)12-6-13-9/h2,6-7H,3-5H2,1H3,(H,11,12,13). The van der Waals surface area contributed by atoms with Crippen LogP contribution in [0.1, 0.15) is 0 Å². The van der Waals surface area contributed by atoms with Crippen molar-refractivity contribution in [2.45, 2.75) is 0 Å². The molecular formula is C9H13BrN4. The van der Waals surface area contributed by atoms with Crippen molar-refractivity contribution in [3.8, 4) is 0 Å². The normalized spacial score (nSPS) is 17.9. The van der Waals surface area contributed by atoms with Crippen molar-refractivity contribution in [1.82, 2.24) is 14.9 Å². The fourth-order valence-corrected chi connectivity index (χ4v) is 1.94. The highest BCUT2D eigenvalue weighted by atomic mass is 79.9. The molecule has 1 fully saturated rings. The molecule has 0 atom stereocenters. The summed E-state index contributed by atoms with van der Waals surface area (Å²) in [6.07, 6.45) is 1.55. The first kappa shape index (κ1) is 9.86.